The normalized spacial score (nSPS) is 20.5. The summed E-state index contributed by atoms with van der Waals surface area (Å²) in [7, 11) is 0. The molecule has 19 heavy (non-hydrogen) atoms. The van der Waals surface area contributed by atoms with Crippen LogP contribution in [0.5, 0.6) is 0 Å². The molecule has 0 radical (unpaired) electrons. The minimum atomic E-state index is 0.797. The van der Waals surface area contributed by atoms with Crippen LogP contribution in [0.4, 0.5) is 11.5 Å². The molecule has 1 atom stereocenters. The van der Waals surface area contributed by atoms with Crippen LogP contribution in [0.2, 0.25) is 0 Å². The second-order valence-corrected chi connectivity index (χ2v) is 5.64. The second kappa shape index (κ2) is 5.08. The van der Waals surface area contributed by atoms with Crippen molar-refractivity contribution < 1.29 is 0 Å². The number of nitrogen functional groups attached to an aromatic ring is 1. The van der Waals surface area contributed by atoms with Gasteiger partial charge in [-0.15, -0.1) is 0 Å². The van der Waals surface area contributed by atoms with Crippen molar-refractivity contribution in [2.45, 2.75) is 26.2 Å². The molecule has 0 spiro atoms. The summed E-state index contributed by atoms with van der Waals surface area (Å²) < 4.78 is 0. The van der Waals surface area contributed by atoms with Gasteiger partial charge in [-0.3, -0.25) is 0 Å². The number of aromatic nitrogens is 1. The molecule has 0 aliphatic carbocycles. The van der Waals surface area contributed by atoms with E-state index in [0.29, 0.717) is 0 Å². The molecule has 0 amide bonds. The first-order chi connectivity index (χ1) is 9.22. The number of fused-ring (bicyclic) bond motifs is 1. The van der Waals surface area contributed by atoms with E-state index in [-0.39, 0.29) is 0 Å². The van der Waals surface area contributed by atoms with Crippen molar-refractivity contribution in [1.82, 2.24) is 4.98 Å². The molecule has 1 saturated heterocycles. The third-order valence-electron chi connectivity index (χ3n) is 4.04. The Labute approximate surface area is 114 Å². The zero-order valence-electron chi connectivity index (χ0n) is 11.5. The number of rotatable bonds is 1. The van der Waals surface area contributed by atoms with Gasteiger partial charge >= 0.3 is 0 Å². The standard InChI is InChI=1S/C16H21N3/c1-12-3-2-9-19(10-8-12)16-7-4-13-11-14(17)5-6-15(13)18-16/h4-7,11-12H,2-3,8-10,17H2,1H3. The predicted octanol–water partition coefficient (Wildman–Crippen LogP) is 3.44. The van der Waals surface area contributed by atoms with Gasteiger partial charge in [-0.05, 0) is 55.5 Å². The van der Waals surface area contributed by atoms with Crippen molar-refractivity contribution in [3.63, 3.8) is 0 Å². The molecule has 1 aromatic heterocycles. The smallest absolute Gasteiger partial charge is 0.129 e. The number of hydrogen-bond acceptors (Lipinski definition) is 3. The van der Waals surface area contributed by atoms with E-state index in [1.54, 1.807) is 0 Å². The van der Waals surface area contributed by atoms with Crippen LogP contribution in [0.3, 0.4) is 0 Å². The van der Waals surface area contributed by atoms with E-state index in [4.69, 9.17) is 10.7 Å². The highest BCUT2D eigenvalue weighted by atomic mass is 15.2. The van der Waals surface area contributed by atoms with Crippen LogP contribution in [-0.4, -0.2) is 18.1 Å². The Balaban J connectivity index is 1.90. The minimum Gasteiger partial charge on any atom is -0.399 e. The fourth-order valence-electron chi connectivity index (χ4n) is 2.80. The number of pyridine rings is 1. The highest BCUT2D eigenvalue weighted by Gasteiger charge is 2.15. The highest BCUT2D eigenvalue weighted by molar-refractivity contribution is 5.83. The van der Waals surface area contributed by atoms with Gasteiger partial charge in [0.05, 0.1) is 5.52 Å². The van der Waals surface area contributed by atoms with Crippen molar-refractivity contribution >= 4 is 22.4 Å². The van der Waals surface area contributed by atoms with Gasteiger partial charge in [0.15, 0.2) is 0 Å². The molecule has 3 rings (SSSR count). The van der Waals surface area contributed by atoms with Gasteiger partial charge in [-0.2, -0.15) is 0 Å². The summed E-state index contributed by atoms with van der Waals surface area (Å²) in [6.07, 6.45) is 3.87. The van der Waals surface area contributed by atoms with E-state index in [9.17, 15) is 0 Å². The Morgan fingerprint density at radius 1 is 1.16 bits per heavy atom. The molecule has 1 aliphatic heterocycles. The third-order valence-corrected chi connectivity index (χ3v) is 4.04. The Morgan fingerprint density at radius 2 is 2.05 bits per heavy atom. The molecule has 100 valence electrons. The molecule has 3 heteroatoms. The summed E-state index contributed by atoms with van der Waals surface area (Å²) in [5.74, 6) is 1.94. The maximum absolute atomic E-state index is 5.80. The SMILES string of the molecule is CC1CCCN(c2ccc3cc(N)ccc3n2)CC1. The first-order valence-corrected chi connectivity index (χ1v) is 7.13. The number of nitrogens with zero attached hydrogens (tertiary/aromatic N) is 2. The van der Waals surface area contributed by atoms with Crippen LogP contribution in [0.1, 0.15) is 26.2 Å². The predicted molar refractivity (Wildman–Crippen MR) is 81.4 cm³/mol. The van der Waals surface area contributed by atoms with Crippen LogP contribution < -0.4 is 10.6 Å². The molecule has 1 fully saturated rings. The molecule has 2 aromatic rings. The Hall–Kier alpha value is -1.77. The van der Waals surface area contributed by atoms with E-state index < -0.39 is 0 Å². The molecule has 2 heterocycles. The first kappa shape index (κ1) is 12.3. The summed E-state index contributed by atoms with van der Waals surface area (Å²) in [5.41, 5.74) is 7.63. The Bertz CT molecular complexity index is 579. The fourth-order valence-corrected chi connectivity index (χ4v) is 2.80. The van der Waals surface area contributed by atoms with Crippen molar-refractivity contribution in [3.05, 3.63) is 30.3 Å². The molecular weight excluding hydrogens is 234 g/mol. The van der Waals surface area contributed by atoms with Crippen LogP contribution in [0.25, 0.3) is 10.9 Å². The topological polar surface area (TPSA) is 42.1 Å². The number of anilines is 2. The monoisotopic (exact) mass is 255 g/mol. The average molecular weight is 255 g/mol. The van der Waals surface area contributed by atoms with Crippen LogP contribution in [-0.2, 0) is 0 Å². The minimum absolute atomic E-state index is 0.797. The lowest BCUT2D eigenvalue weighted by Crippen LogP contribution is -2.25. The molecular formula is C16H21N3. The lowest BCUT2D eigenvalue weighted by molar-refractivity contribution is 0.521. The van der Waals surface area contributed by atoms with Crippen molar-refractivity contribution in [1.29, 1.82) is 0 Å². The maximum atomic E-state index is 5.80. The molecule has 1 aromatic carbocycles. The summed E-state index contributed by atoms with van der Waals surface area (Å²) in [6.45, 7) is 4.59. The van der Waals surface area contributed by atoms with Gasteiger partial charge in [0.2, 0.25) is 0 Å². The highest BCUT2D eigenvalue weighted by Crippen LogP contribution is 2.24. The van der Waals surface area contributed by atoms with E-state index in [0.717, 1.165) is 41.4 Å². The Kier molecular flexibility index (Phi) is 3.28. The second-order valence-electron chi connectivity index (χ2n) is 5.64. The molecule has 1 unspecified atom stereocenters. The van der Waals surface area contributed by atoms with E-state index in [2.05, 4.69) is 24.0 Å². The molecule has 3 nitrogen and oxygen atoms in total. The zero-order chi connectivity index (χ0) is 13.2. The summed E-state index contributed by atoms with van der Waals surface area (Å²) in [4.78, 5) is 7.19. The van der Waals surface area contributed by atoms with Crippen molar-refractivity contribution in [2.75, 3.05) is 23.7 Å². The van der Waals surface area contributed by atoms with Crippen molar-refractivity contribution in [3.8, 4) is 0 Å². The fraction of sp³-hybridized carbons (Fsp3) is 0.438. The van der Waals surface area contributed by atoms with Gasteiger partial charge < -0.3 is 10.6 Å². The van der Waals surface area contributed by atoms with E-state index >= 15 is 0 Å². The van der Waals surface area contributed by atoms with Gasteiger partial charge in [-0.1, -0.05) is 6.92 Å². The number of benzene rings is 1. The Morgan fingerprint density at radius 3 is 2.95 bits per heavy atom. The maximum Gasteiger partial charge on any atom is 0.129 e. The van der Waals surface area contributed by atoms with Crippen LogP contribution in [0, 0.1) is 5.92 Å². The summed E-state index contributed by atoms with van der Waals surface area (Å²) >= 11 is 0. The lowest BCUT2D eigenvalue weighted by atomic mass is 10.0. The van der Waals surface area contributed by atoms with Crippen LogP contribution in [0.15, 0.2) is 30.3 Å². The van der Waals surface area contributed by atoms with E-state index in [1.807, 2.05) is 18.2 Å². The van der Waals surface area contributed by atoms with Gasteiger partial charge in [0.1, 0.15) is 5.82 Å². The average Bonchev–Trinajstić information content (AvgIpc) is 2.63. The summed E-state index contributed by atoms with van der Waals surface area (Å²) in [5, 5.41) is 1.12. The number of hydrogen-bond donors (Lipinski definition) is 1. The summed E-state index contributed by atoms with van der Waals surface area (Å²) in [6, 6.07) is 10.2. The number of nitrogens with two attached hydrogens (primary N) is 1. The molecule has 2 N–H and O–H groups in total. The zero-order valence-corrected chi connectivity index (χ0v) is 11.5. The van der Waals surface area contributed by atoms with Crippen LogP contribution >= 0.6 is 0 Å². The first-order valence-electron chi connectivity index (χ1n) is 7.13. The molecule has 0 bridgehead atoms. The largest absolute Gasteiger partial charge is 0.399 e. The van der Waals surface area contributed by atoms with Gasteiger partial charge in [-0.25, -0.2) is 4.98 Å². The van der Waals surface area contributed by atoms with Gasteiger partial charge in [0, 0.05) is 24.2 Å². The molecule has 1 aliphatic rings. The lowest BCUT2D eigenvalue weighted by Gasteiger charge is -2.21. The third kappa shape index (κ3) is 2.65. The van der Waals surface area contributed by atoms with Crippen molar-refractivity contribution in [2.24, 2.45) is 5.92 Å². The molecule has 0 saturated carbocycles. The van der Waals surface area contributed by atoms with Gasteiger partial charge in [0.25, 0.3) is 0 Å². The van der Waals surface area contributed by atoms with E-state index in [1.165, 1.54) is 19.3 Å². The quantitative estimate of drug-likeness (QED) is 0.794.